The summed E-state index contributed by atoms with van der Waals surface area (Å²) < 4.78 is 1.75. The van der Waals surface area contributed by atoms with Gasteiger partial charge in [0.2, 0.25) is 0 Å². The minimum Gasteiger partial charge on any atom is -0.388 e. The summed E-state index contributed by atoms with van der Waals surface area (Å²) in [6.07, 6.45) is 4.28. The zero-order valence-corrected chi connectivity index (χ0v) is 11.4. The lowest BCUT2D eigenvalue weighted by molar-refractivity contribution is 0.0839. The number of nitrogens with zero attached hydrogens (tertiary/aromatic N) is 5. The number of rotatable bonds is 3. The summed E-state index contributed by atoms with van der Waals surface area (Å²) in [5, 5.41) is 14.4. The third-order valence-electron chi connectivity index (χ3n) is 3.57. The van der Waals surface area contributed by atoms with Crippen molar-refractivity contribution in [3.05, 3.63) is 18.1 Å². The molecule has 102 valence electrons. The molecule has 1 aliphatic heterocycles. The van der Waals surface area contributed by atoms with Crippen molar-refractivity contribution in [1.82, 2.24) is 19.6 Å². The highest BCUT2D eigenvalue weighted by molar-refractivity contribution is 5.48. The van der Waals surface area contributed by atoms with Gasteiger partial charge in [-0.05, 0) is 19.8 Å². The molecule has 0 aromatic carbocycles. The molecule has 0 bridgehead atoms. The fourth-order valence-electron chi connectivity index (χ4n) is 2.59. The van der Waals surface area contributed by atoms with E-state index in [4.69, 9.17) is 0 Å². The van der Waals surface area contributed by atoms with Gasteiger partial charge in [0, 0.05) is 24.8 Å². The van der Waals surface area contributed by atoms with Crippen LogP contribution in [0.25, 0.3) is 5.78 Å². The third-order valence-corrected chi connectivity index (χ3v) is 3.57. The van der Waals surface area contributed by atoms with E-state index in [-0.39, 0.29) is 0 Å². The number of hydrogen-bond donors (Lipinski definition) is 1. The predicted octanol–water partition coefficient (Wildman–Crippen LogP) is 1.04. The summed E-state index contributed by atoms with van der Waals surface area (Å²) in [6, 6.07) is 2.06. The van der Waals surface area contributed by atoms with Gasteiger partial charge < -0.3 is 10.0 Å². The second-order valence-electron chi connectivity index (χ2n) is 5.50. The van der Waals surface area contributed by atoms with E-state index in [1.165, 1.54) is 6.33 Å². The molecule has 2 aromatic heterocycles. The third kappa shape index (κ3) is 2.28. The van der Waals surface area contributed by atoms with Gasteiger partial charge >= 0.3 is 0 Å². The Labute approximate surface area is 112 Å². The monoisotopic (exact) mass is 261 g/mol. The van der Waals surface area contributed by atoms with Gasteiger partial charge in [-0.3, -0.25) is 0 Å². The maximum Gasteiger partial charge on any atom is 0.254 e. The highest BCUT2D eigenvalue weighted by atomic mass is 16.3. The molecule has 0 saturated carbocycles. The number of β-amino-alcohol motifs (C(OH)–C–C–N with tert-alkyl or cyclic N) is 1. The first kappa shape index (κ1) is 12.3. The molecule has 1 unspecified atom stereocenters. The average Bonchev–Trinajstić information content (AvgIpc) is 2.94. The highest BCUT2D eigenvalue weighted by Gasteiger charge is 2.32. The van der Waals surface area contributed by atoms with Crippen LogP contribution in [0.2, 0.25) is 0 Å². The van der Waals surface area contributed by atoms with Crippen molar-refractivity contribution in [1.29, 1.82) is 0 Å². The van der Waals surface area contributed by atoms with Crippen molar-refractivity contribution in [2.24, 2.45) is 0 Å². The molecule has 3 rings (SSSR count). The van der Waals surface area contributed by atoms with Crippen LogP contribution < -0.4 is 4.90 Å². The van der Waals surface area contributed by atoms with Crippen LogP contribution in [0, 0.1) is 0 Å². The molecule has 1 aliphatic rings. The van der Waals surface area contributed by atoms with Crippen molar-refractivity contribution >= 4 is 11.6 Å². The lowest BCUT2D eigenvalue weighted by Gasteiger charge is -2.21. The van der Waals surface area contributed by atoms with Gasteiger partial charge in [-0.1, -0.05) is 13.3 Å². The lowest BCUT2D eigenvalue weighted by atomic mass is 10.1. The Morgan fingerprint density at radius 3 is 3.00 bits per heavy atom. The van der Waals surface area contributed by atoms with Crippen LogP contribution >= 0.6 is 0 Å². The first-order valence-electron chi connectivity index (χ1n) is 6.76. The standard InChI is InChI=1S/C13H19N5O/c1-3-4-10-7-11(17-6-5-13(2,19)8-17)18-12(16-10)14-9-15-18/h7,9,19H,3-6,8H2,1-2H3. The molecule has 19 heavy (non-hydrogen) atoms. The van der Waals surface area contributed by atoms with Crippen LogP contribution in [0.1, 0.15) is 32.4 Å². The molecule has 6 nitrogen and oxygen atoms in total. The van der Waals surface area contributed by atoms with Crippen LogP contribution in [0.3, 0.4) is 0 Å². The van der Waals surface area contributed by atoms with Crippen molar-refractivity contribution in [3.8, 4) is 0 Å². The number of fused-ring (bicyclic) bond motifs is 1. The fourth-order valence-corrected chi connectivity index (χ4v) is 2.59. The molecule has 1 N–H and O–H groups in total. The van der Waals surface area contributed by atoms with Crippen molar-refractivity contribution < 1.29 is 5.11 Å². The Bertz CT molecular complexity index is 592. The predicted molar refractivity (Wildman–Crippen MR) is 72.2 cm³/mol. The van der Waals surface area contributed by atoms with E-state index in [0.717, 1.165) is 37.3 Å². The molecule has 0 amide bonds. The van der Waals surface area contributed by atoms with Crippen LogP contribution in [-0.4, -0.2) is 43.4 Å². The van der Waals surface area contributed by atoms with Crippen molar-refractivity contribution in [2.75, 3.05) is 18.0 Å². The number of anilines is 1. The topological polar surface area (TPSA) is 66.5 Å². The Hall–Kier alpha value is -1.69. The molecule has 1 atom stereocenters. The zero-order valence-electron chi connectivity index (χ0n) is 11.4. The first-order chi connectivity index (χ1) is 9.09. The van der Waals surface area contributed by atoms with E-state index in [1.54, 1.807) is 4.52 Å². The highest BCUT2D eigenvalue weighted by Crippen LogP contribution is 2.26. The number of aromatic nitrogens is 4. The van der Waals surface area contributed by atoms with Gasteiger partial charge in [-0.25, -0.2) is 4.98 Å². The summed E-state index contributed by atoms with van der Waals surface area (Å²) in [7, 11) is 0. The minimum atomic E-state index is -0.624. The Balaban J connectivity index is 2.03. The summed E-state index contributed by atoms with van der Waals surface area (Å²) in [4.78, 5) is 10.8. The zero-order chi connectivity index (χ0) is 13.5. The quantitative estimate of drug-likeness (QED) is 0.894. The van der Waals surface area contributed by atoms with Gasteiger partial charge in [0.1, 0.15) is 12.1 Å². The lowest BCUT2D eigenvalue weighted by Crippen LogP contribution is -2.30. The largest absolute Gasteiger partial charge is 0.388 e. The van der Waals surface area contributed by atoms with E-state index in [1.807, 2.05) is 6.92 Å². The first-order valence-corrected chi connectivity index (χ1v) is 6.76. The average molecular weight is 261 g/mol. The second kappa shape index (κ2) is 4.45. The number of aryl methyl sites for hydroxylation is 1. The van der Waals surface area contributed by atoms with Crippen molar-refractivity contribution in [3.63, 3.8) is 0 Å². The van der Waals surface area contributed by atoms with Gasteiger partial charge in [-0.2, -0.15) is 14.6 Å². The molecule has 0 spiro atoms. The SMILES string of the molecule is CCCc1cc(N2CCC(C)(O)C2)n2ncnc2n1. The van der Waals surface area contributed by atoms with Gasteiger partial charge in [0.15, 0.2) is 0 Å². The van der Waals surface area contributed by atoms with Crippen LogP contribution in [0.4, 0.5) is 5.82 Å². The molecule has 2 aromatic rings. The molecule has 0 radical (unpaired) electrons. The van der Waals surface area contributed by atoms with Crippen LogP contribution in [0.15, 0.2) is 12.4 Å². The molecular formula is C13H19N5O. The summed E-state index contributed by atoms with van der Waals surface area (Å²) in [5.41, 5.74) is 0.408. The minimum absolute atomic E-state index is 0.623. The maximum absolute atomic E-state index is 10.1. The molecular weight excluding hydrogens is 242 g/mol. The fraction of sp³-hybridized carbons (Fsp3) is 0.615. The van der Waals surface area contributed by atoms with E-state index in [9.17, 15) is 5.11 Å². The molecule has 0 aliphatic carbocycles. The van der Waals surface area contributed by atoms with E-state index >= 15 is 0 Å². The van der Waals surface area contributed by atoms with Gasteiger partial charge in [-0.15, -0.1) is 0 Å². The molecule has 1 saturated heterocycles. The Morgan fingerprint density at radius 2 is 2.32 bits per heavy atom. The molecule has 6 heteroatoms. The summed E-state index contributed by atoms with van der Waals surface area (Å²) >= 11 is 0. The maximum atomic E-state index is 10.1. The smallest absolute Gasteiger partial charge is 0.254 e. The normalized spacial score (nSPS) is 23.4. The summed E-state index contributed by atoms with van der Waals surface area (Å²) in [5.74, 6) is 1.61. The van der Waals surface area contributed by atoms with E-state index in [2.05, 4.69) is 33.0 Å². The molecule has 3 heterocycles. The number of hydrogen-bond acceptors (Lipinski definition) is 5. The van der Waals surface area contributed by atoms with Crippen molar-refractivity contribution in [2.45, 2.75) is 38.7 Å². The number of aliphatic hydroxyl groups is 1. The van der Waals surface area contributed by atoms with E-state index < -0.39 is 5.60 Å². The molecule has 1 fully saturated rings. The Morgan fingerprint density at radius 1 is 1.47 bits per heavy atom. The van der Waals surface area contributed by atoms with Crippen LogP contribution in [-0.2, 0) is 6.42 Å². The van der Waals surface area contributed by atoms with Gasteiger partial charge in [0.25, 0.3) is 5.78 Å². The van der Waals surface area contributed by atoms with Gasteiger partial charge in [0.05, 0.1) is 5.60 Å². The van der Waals surface area contributed by atoms with E-state index in [0.29, 0.717) is 12.3 Å². The summed E-state index contributed by atoms with van der Waals surface area (Å²) in [6.45, 7) is 5.46. The Kier molecular flexibility index (Phi) is 2.89. The van der Waals surface area contributed by atoms with Crippen LogP contribution in [0.5, 0.6) is 0 Å². The second-order valence-corrected chi connectivity index (χ2v) is 5.50.